The molecule has 1 aromatic heterocycles. The van der Waals surface area contributed by atoms with Gasteiger partial charge in [-0.3, -0.25) is 19.6 Å². The highest BCUT2D eigenvalue weighted by Gasteiger charge is 2.39. The van der Waals surface area contributed by atoms with E-state index in [1.54, 1.807) is 42.5 Å². The second-order valence-corrected chi connectivity index (χ2v) is 8.15. The van der Waals surface area contributed by atoms with Gasteiger partial charge in [0.2, 0.25) is 0 Å². The van der Waals surface area contributed by atoms with Crippen LogP contribution >= 0.6 is 11.6 Å². The van der Waals surface area contributed by atoms with Crippen molar-refractivity contribution in [3.05, 3.63) is 53.6 Å². The van der Waals surface area contributed by atoms with Crippen LogP contribution in [0.4, 0.5) is 5.69 Å². The quantitative estimate of drug-likeness (QED) is 0.350. The second kappa shape index (κ2) is 6.38. The lowest BCUT2D eigenvalue weighted by atomic mass is 10.1. The van der Waals surface area contributed by atoms with Crippen LogP contribution in [0.1, 0.15) is 0 Å². The fraction of sp³-hybridized carbons (Fsp3) is 0.0588. The first kappa shape index (κ1) is 17.5. The Labute approximate surface area is 160 Å². The highest BCUT2D eigenvalue weighted by Crippen LogP contribution is 2.46. The topological polar surface area (TPSA) is 121 Å². The number of carbonyl (C=O) groups excluding carboxylic acids is 1. The number of fused-ring (bicyclic) bond motifs is 3. The van der Waals surface area contributed by atoms with E-state index in [4.69, 9.17) is 17.4 Å². The second-order valence-electron chi connectivity index (χ2n) is 5.88. The van der Waals surface area contributed by atoms with Crippen molar-refractivity contribution in [3.63, 3.8) is 0 Å². The Bertz CT molecular complexity index is 1160. The van der Waals surface area contributed by atoms with Crippen LogP contribution < -0.4 is 15.6 Å². The predicted molar refractivity (Wildman–Crippen MR) is 101 cm³/mol. The van der Waals surface area contributed by atoms with Crippen LogP contribution in [0.2, 0.25) is 5.02 Å². The van der Waals surface area contributed by atoms with Crippen molar-refractivity contribution in [1.29, 1.82) is 0 Å². The summed E-state index contributed by atoms with van der Waals surface area (Å²) in [5.41, 5.74) is 4.22. The number of hydrogen-bond acceptors (Lipinski definition) is 5. The number of carbonyl (C=O) groups is 1. The molecular formula is C17H14ClN5O3S. The number of nitrogens with one attached hydrogen (secondary N) is 2. The van der Waals surface area contributed by atoms with Crippen LogP contribution in [0.25, 0.3) is 22.5 Å². The summed E-state index contributed by atoms with van der Waals surface area (Å²) in [6, 6.07) is 13.4. The van der Waals surface area contributed by atoms with Gasteiger partial charge in [0.25, 0.3) is 15.9 Å². The highest BCUT2D eigenvalue weighted by atomic mass is 35.5. The van der Waals surface area contributed by atoms with Crippen molar-refractivity contribution in [3.8, 4) is 22.5 Å². The normalized spacial score (nSPS) is 14.4. The Morgan fingerprint density at radius 1 is 1.22 bits per heavy atom. The molecule has 0 saturated heterocycles. The molecule has 3 aromatic rings. The molecule has 4 N–H and O–H groups in total. The van der Waals surface area contributed by atoms with E-state index in [-0.39, 0.29) is 10.6 Å². The minimum absolute atomic E-state index is 0.0867. The van der Waals surface area contributed by atoms with Crippen molar-refractivity contribution < 1.29 is 13.2 Å². The number of H-pyrrole nitrogens is 1. The number of halogens is 1. The van der Waals surface area contributed by atoms with E-state index >= 15 is 0 Å². The van der Waals surface area contributed by atoms with Crippen LogP contribution in [-0.4, -0.2) is 31.1 Å². The average Bonchev–Trinajstić information content (AvgIpc) is 3.10. The first-order valence-corrected chi connectivity index (χ1v) is 9.71. The van der Waals surface area contributed by atoms with Gasteiger partial charge in [-0.2, -0.15) is 5.10 Å². The molecule has 2 aromatic carbocycles. The van der Waals surface area contributed by atoms with E-state index in [0.717, 1.165) is 4.31 Å². The molecule has 0 aliphatic carbocycles. The Kier molecular flexibility index (Phi) is 4.14. The van der Waals surface area contributed by atoms with Gasteiger partial charge in [0.15, 0.2) is 0 Å². The van der Waals surface area contributed by atoms with Gasteiger partial charge in [-0.05, 0) is 18.2 Å². The number of nitrogens with zero attached hydrogens (tertiary/aromatic N) is 2. The molecule has 0 spiro atoms. The van der Waals surface area contributed by atoms with Gasteiger partial charge >= 0.3 is 0 Å². The van der Waals surface area contributed by atoms with Gasteiger partial charge in [-0.15, -0.1) is 0 Å². The summed E-state index contributed by atoms with van der Waals surface area (Å²) in [6.07, 6.45) is 0. The average molecular weight is 404 g/mol. The predicted octanol–water partition coefficient (Wildman–Crippen LogP) is 1.90. The van der Waals surface area contributed by atoms with E-state index in [9.17, 15) is 13.2 Å². The van der Waals surface area contributed by atoms with Crippen molar-refractivity contribution in [2.75, 3.05) is 10.8 Å². The summed E-state index contributed by atoms with van der Waals surface area (Å²) in [4.78, 5) is 12.0. The monoisotopic (exact) mass is 403 g/mol. The molecule has 2 heterocycles. The van der Waals surface area contributed by atoms with Crippen LogP contribution in [0.5, 0.6) is 0 Å². The van der Waals surface area contributed by atoms with Crippen LogP contribution in [-0.2, 0) is 14.8 Å². The number of benzene rings is 2. The molecule has 0 saturated carbocycles. The number of anilines is 1. The van der Waals surface area contributed by atoms with Crippen LogP contribution in [0.3, 0.4) is 0 Å². The van der Waals surface area contributed by atoms with Crippen LogP contribution in [0, 0.1) is 0 Å². The maximum atomic E-state index is 13.2. The molecule has 1 amide bonds. The maximum Gasteiger partial charge on any atom is 0.265 e. The van der Waals surface area contributed by atoms with Crippen molar-refractivity contribution >= 4 is 33.2 Å². The zero-order valence-corrected chi connectivity index (χ0v) is 15.4. The third kappa shape index (κ3) is 2.76. The van der Waals surface area contributed by atoms with Gasteiger partial charge in [-0.1, -0.05) is 41.9 Å². The molecular weight excluding hydrogens is 390 g/mol. The highest BCUT2D eigenvalue weighted by molar-refractivity contribution is 7.93. The van der Waals surface area contributed by atoms with E-state index in [1.165, 1.54) is 6.07 Å². The Morgan fingerprint density at radius 2 is 2.00 bits per heavy atom. The fourth-order valence-corrected chi connectivity index (χ4v) is 4.91. The minimum atomic E-state index is -3.99. The van der Waals surface area contributed by atoms with Crippen molar-refractivity contribution in [2.24, 2.45) is 5.84 Å². The summed E-state index contributed by atoms with van der Waals surface area (Å²) >= 11 is 6.07. The molecule has 0 fully saturated rings. The van der Waals surface area contributed by atoms with Gasteiger partial charge in [0, 0.05) is 16.1 Å². The lowest BCUT2D eigenvalue weighted by Crippen LogP contribution is -2.44. The first-order chi connectivity index (χ1) is 12.9. The van der Waals surface area contributed by atoms with Crippen molar-refractivity contribution in [2.45, 2.75) is 4.90 Å². The molecule has 1 aliphatic rings. The molecule has 138 valence electrons. The van der Waals surface area contributed by atoms with E-state index < -0.39 is 22.5 Å². The van der Waals surface area contributed by atoms with Crippen molar-refractivity contribution in [1.82, 2.24) is 15.6 Å². The summed E-state index contributed by atoms with van der Waals surface area (Å²) in [7, 11) is -3.99. The van der Waals surface area contributed by atoms with E-state index in [1.807, 2.05) is 5.43 Å². The summed E-state index contributed by atoms with van der Waals surface area (Å²) < 4.78 is 27.4. The number of hydrazine groups is 1. The Morgan fingerprint density at radius 3 is 2.74 bits per heavy atom. The zero-order valence-electron chi connectivity index (χ0n) is 13.8. The molecule has 0 radical (unpaired) electrons. The Balaban J connectivity index is 2.01. The molecule has 0 unspecified atom stereocenters. The number of aromatic amines is 1. The number of rotatable bonds is 3. The molecule has 4 rings (SSSR count). The zero-order chi connectivity index (χ0) is 19.2. The van der Waals surface area contributed by atoms with Gasteiger partial charge < -0.3 is 0 Å². The standard InChI is InChI=1S/C17H14ClN5O3S/c18-11-5-3-4-10(8-11)15-17-16(22-21-15)12-6-1-2-7-13(12)27(25,26)23(17)9-14(24)20-19/h1-8H,9,19H2,(H,20,24)(H,21,22). The Hall–Kier alpha value is -2.88. The lowest BCUT2D eigenvalue weighted by Gasteiger charge is -2.29. The van der Waals surface area contributed by atoms with Gasteiger partial charge in [-0.25, -0.2) is 14.3 Å². The number of nitrogens with two attached hydrogens (primary N) is 1. The largest absolute Gasteiger partial charge is 0.293 e. The lowest BCUT2D eigenvalue weighted by molar-refractivity contribution is -0.119. The molecule has 0 atom stereocenters. The molecule has 10 heteroatoms. The van der Waals surface area contributed by atoms with Crippen LogP contribution in [0.15, 0.2) is 53.4 Å². The third-order valence-electron chi connectivity index (χ3n) is 4.26. The molecule has 8 nitrogen and oxygen atoms in total. The summed E-state index contributed by atoms with van der Waals surface area (Å²) in [6.45, 7) is -0.479. The molecule has 27 heavy (non-hydrogen) atoms. The first-order valence-electron chi connectivity index (χ1n) is 7.89. The number of hydrogen-bond donors (Lipinski definition) is 3. The number of sulfonamides is 1. The van der Waals surface area contributed by atoms with E-state index in [2.05, 4.69) is 10.2 Å². The number of aromatic nitrogens is 2. The summed E-state index contributed by atoms with van der Waals surface area (Å²) in [5, 5.41) is 7.68. The smallest absolute Gasteiger partial charge is 0.265 e. The number of amides is 1. The molecule has 0 bridgehead atoms. The van der Waals surface area contributed by atoms with Gasteiger partial charge in [0.05, 0.1) is 10.6 Å². The fourth-order valence-electron chi connectivity index (χ4n) is 3.08. The van der Waals surface area contributed by atoms with E-state index in [0.29, 0.717) is 27.5 Å². The van der Waals surface area contributed by atoms with Gasteiger partial charge in [0.1, 0.15) is 17.9 Å². The SMILES string of the molecule is NNC(=O)CN1c2c(-c3cccc(Cl)c3)n[nH]c2-c2ccccc2S1(=O)=O. The third-order valence-corrected chi connectivity index (χ3v) is 6.30. The molecule has 1 aliphatic heterocycles. The summed E-state index contributed by atoms with van der Waals surface area (Å²) in [5.74, 6) is 4.52. The minimum Gasteiger partial charge on any atom is -0.293 e. The maximum absolute atomic E-state index is 13.2.